The molecule has 1 atom stereocenters. The predicted octanol–water partition coefficient (Wildman–Crippen LogP) is 3.47. The van der Waals surface area contributed by atoms with Gasteiger partial charge in [-0.1, -0.05) is 26.7 Å². The zero-order chi connectivity index (χ0) is 15.1. The molecule has 0 fully saturated rings. The van der Waals surface area contributed by atoms with Crippen molar-refractivity contribution in [3.05, 3.63) is 6.33 Å². The number of anilines is 2. The van der Waals surface area contributed by atoms with E-state index in [4.69, 9.17) is 10.5 Å². The number of hydrogen-bond donors (Lipinski definition) is 2. The monoisotopic (exact) mass is 280 g/mol. The molecule has 0 saturated heterocycles. The minimum atomic E-state index is 0.0449. The van der Waals surface area contributed by atoms with Gasteiger partial charge < -0.3 is 15.8 Å². The zero-order valence-electron chi connectivity index (χ0n) is 13.3. The molecule has 0 spiro atoms. The maximum absolute atomic E-state index is 6.04. The fraction of sp³-hybridized carbons (Fsp3) is 0.733. The summed E-state index contributed by atoms with van der Waals surface area (Å²) in [5, 5.41) is 3.34. The Morgan fingerprint density at radius 2 is 1.85 bits per heavy atom. The molecule has 1 aromatic heterocycles. The summed E-state index contributed by atoms with van der Waals surface area (Å²) in [4.78, 5) is 8.28. The first kappa shape index (κ1) is 16.5. The van der Waals surface area contributed by atoms with Gasteiger partial charge in [0.1, 0.15) is 12.0 Å². The van der Waals surface area contributed by atoms with Crippen molar-refractivity contribution in [1.82, 2.24) is 9.97 Å². The average Bonchev–Trinajstić information content (AvgIpc) is 2.33. The quantitative estimate of drug-likeness (QED) is 0.762. The van der Waals surface area contributed by atoms with Crippen molar-refractivity contribution < 1.29 is 4.74 Å². The lowest BCUT2D eigenvalue weighted by Crippen LogP contribution is -2.18. The van der Waals surface area contributed by atoms with Crippen LogP contribution in [0.5, 0.6) is 5.88 Å². The van der Waals surface area contributed by atoms with Gasteiger partial charge in [0, 0.05) is 6.04 Å². The van der Waals surface area contributed by atoms with Crippen molar-refractivity contribution in [3.8, 4) is 5.88 Å². The van der Waals surface area contributed by atoms with Crippen LogP contribution in [0.1, 0.15) is 53.9 Å². The van der Waals surface area contributed by atoms with E-state index in [1.807, 2.05) is 13.8 Å². The molecule has 0 amide bonds. The lowest BCUT2D eigenvalue weighted by atomic mass is 10.0. The van der Waals surface area contributed by atoms with Gasteiger partial charge in [-0.15, -0.1) is 0 Å². The number of aromatic nitrogens is 2. The van der Waals surface area contributed by atoms with Gasteiger partial charge in [0.15, 0.2) is 5.82 Å². The van der Waals surface area contributed by atoms with Crippen LogP contribution < -0.4 is 15.8 Å². The van der Waals surface area contributed by atoms with E-state index in [0.717, 1.165) is 12.3 Å². The molecule has 5 nitrogen and oxygen atoms in total. The molecule has 0 saturated carbocycles. The van der Waals surface area contributed by atoms with Gasteiger partial charge in [-0.05, 0) is 33.1 Å². The highest BCUT2D eigenvalue weighted by Crippen LogP contribution is 2.26. The molecule has 20 heavy (non-hydrogen) atoms. The van der Waals surface area contributed by atoms with Gasteiger partial charge in [0.25, 0.3) is 0 Å². The Balaban J connectivity index is 2.58. The van der Waals surface area contributed by atoms with Crippen LogP contribution in [0.3, 0.4) is 0 Å². The highest BCUT2D eigenvalue weighted by atomic mass is 16.5. The Labute approximate surface area is 122 Å². The Bertz CT molecular complexity index is 407. The molecule has 0 aliphatic heterocycles. The van der Waals surface area contributed by atoms with Crippen molar-refractivity contribution in [2.75, 3.05) is 11.1 Å². The number of nitrogens with zero attached hydrogens (tertiary/aromatic N) is 2. The second-order valence-electron chi connectivity index (χ2n) is 5.98. The second kappa shape index (κ2) is 7.92. The molecule has 114 valence electrons. The summed E-state index contributed by atoms with van der Waals surface area (Å²) >= 11 is 0. The Kier molecular flexibility index (Phi) is 6.55. The van der Waals surface area contributed by atoms with Crippen LogP contribution >= 0.6 is 0 Å². The third-order valence-electron chi connectivity index (χ3n) is 3.00. The van der Waals surface area contributed by atoms with Crippen LogP contribution in [0.2, 0.25) is 0 Å². The predicted molar refractivity (Wildman–Crippen MR) is 84.0 cm³/mol. The lowest BCUT2D eigenvalue weighted by molar-refractivity contribution is 0.234. The number of nitrogen functional groups attached to an aromatic ring is 1. The van der Waals surface area contributed by atoms with Crippen molar-refractivity contribution >= 4 is 11.5 Å². The fourth-order valence-electron chi connectivity index (χ4n) is 1.95. The Hall–Kier alpha value is -1.52. The summed E-state index contributed by atoms with van der Waals surface area (Å²) in [6.45, 7) is 10.5. The van der Waals surface area contributed by atoms with Gasteiger partial charge in [-0.3, -0.25) is 0 Å². The molecule has 0 bridgehead atoms. The van der Waals surface area contributed by atoms with Crippen molar-refractivity contribution in [3.63, 3.8) is 0 Å². The van der Waals surface area contributed by atoms with E-state index in [-0.39, 0.29) is 6.10 Å². The van der Waals surface area contributed by atoms with E-state index >= 15 is 0 Å². The largest absolute Gasteiger partial charge is 0.473 e. The molecule has 1 rings (SSSR count). The number of nitrogens with one attached hydrogen (secondary N) is 1. The van der Waals surface area contributed by atoms with Crippen LogP contribution in [-0.4, -0.2) is 22.1 Å². The summed E-state index contributed by atoms with van der Waals surface area (Å²) in [6, 6.07) is 0.331. The molecule has 0 aliphatic carbocycles. The van der Waals surface area contributed by atoms with E-state index < -0.39 is 0 Å². The Morgan fingerprint density at radius 1 is 1.15 bits per heavy atom. The van der Waals surface area contributed by atoms with Gasteiger partial charge in [-0.2, -0.15) is 4.98 Å². The average molecular weight is 280 g/mol. The number of nitrogens with two attached hydrogens (primary N) is 1. The summed E-state index contributed by atoms with van der Waals surface area (Å²) < 4.78 is 5.56. The van der Waals surface area contributed by atoms with Crippen LogP contribution in [0, 0.1) is 5.92 Å². The normalized spacial score (nSPS) is 12.8. The highest BCUT2D eigenvalue weighted by Gasteiger charge is 2.12. The number of rotatable bonds is 8. The van der Waals surface area contributed by atoms with Crippen LogP contribution in [-0.2, 0) is 0 Å². The fourth-order valence-corrected chi connectivity index (χ4v) is 1.95. The number of hydrogen-bond acceptors (Lipinski definition) is 5. The van der Waals surface area contributed by atoms with E-state index in [0.29, 0.717) is 23.4 Å². The van der Waals surface area contributed by atoms with Gasteiger partial charge in [0.05, 0.1) is 6.10 Å². The van der Waals surface area contributed by atoms with Crippen LogP contribution in [0.25, 0.3) is 0 Å². The number of ether oxygens (including phenoxy) is 1. The van der Waals surface area contributed by atoms with Crippen LogP contribution in [0.15, 0.2) is 6.33 Å². The first-order chi connectivity index (χ1) is 9.40. The zero-order valence-corrected chi connectivity index (χ0v) is 13.3. The van der Waals surface area contributed by atoms with E-state index in [1.165, 1.54) is 19.2 Å². The molecular formula is C15H28N4O. The van der Waals surface area contributed by atoms with Gasteiger partial charge in [0.2, 0.25) is 5.88 Å². The summed E-state index contributed by atoms with van der Waals surface area (Å²) in [7, 11) is 0. The maximum Gasteiger partial charge on any atom is 0.242 e. The van der Waals surface area contributed by atoms with Crippen molar-refractivity contribution in [2.45, 2.75) is 66.0 Å². The third kappa shape index (κ3) is 5.63. The molecule has 3 N–H and O–H groups in total. The summed E-state index contributed by atoms with van der Waals surface area (Å²) in [5.41, 5.74) is 6.53. The molecule has 1 aromatic rings. The standard InChI is InChI=1S/C15H28N4O/c1-10(2)7-6-8-12(5)19-14-13(16)15(18-9-17-14)20-11(3)4/h9-12H,6-8,16H2,1-5H3,(H,17,18,19). The minimum absolute atomic E-state index is 0.0449. The van der Waals surface area contributed by atoms with Crippen LogP contribution in [0.4, 0.5) is 11.5 Å². The summed E-state index contributed by atoms with van der Waals surface area (Å²) in [5.74, 6) is 1.86. The third-order valence-corrected chi connectivity index (χ3v) is 3.00. The van der Waals surface area contributed by atoms with E-state index in [2.05, 4.69) is 36.1 Å². The first-order valence-electron chi connectivity index (χ1n) is 7.43. The smallest absolute Gasteiger partial charge is 0.242 e. The lowest BCUT2D eigenvalue weighted by Gasteiger charge is -2.18. The minimum Gasteiger partial charge on any atom is -0.473 e. The molecule has 5 heteroatoms. The van der Waals surface area contributed by atoms with E-state index in [9.17, 15) is 0 Å². The Morgan fingerprint density at radius 3 is 2.45 bits per heavy atom. The molecule has 0 radical (unpaired) electrons. The van der Waals surface area contributed by atoms with E-state index in [1.54, 1.807) is 0 Å². The molecular weight excluding hydrogens is 252 g/mol. The summed E-state index contributed by atoms with van der Waals surface area (Å²) in [6.07, 6.45) is 5.07. The highest BCUT2D eigenvalue weighted by molar-refractivity contribution is 5.66. The maximum atomic E-state index is 6.04. The molecule has 1 unspecified atom stereocenters. The topological polar surface area (TPSA) is 73.1 Å². The SMILES string of the molecule is CC(C)CCCC(C)Nc1ncnc(OC(C)C)c1N. The molecule has 0 aliphatic rings. The second-order valence-corrected chi connectivity index (χ2v) is 5.98. The molecule has 1 heterocycles. The van der Waals surface area contributed by atoms with Gasteiger partial charge in [-0.25, -0.2) is 4.98 Å². The van der Waals surface area contributed by atoms with Crippen molar-refractivity contribution in [2.24, 2.45) is 5.92 Å². The van der Waals surface area contributed by atoms with Gasteiger partial charge >= 0.3 is 0 Å². The van der Waals surface area contributed by atoms with Crippen molar-refractivity contribution in [1.29, 1.82) is 0 Å². The first-order valence-corrected chi connectivity index (χ1v) is 7.43. The molecule has 0 aromatic carbocycles.